The Bertz CT molecular complexity index is 115. The summed E-state index contributed by atoms with van der Waals surface area (Å²) in [5, 5.41) is 10.2. The average Bonchev–Trinajstić information content (AvgIpc) is 2.18. The van der Waals surface area contributed by atoms with Crippen molar-refractivity contribution in [3.63, 3.8) is 0 Å². The molecule has 1 heterocycles. The van der Waals surface area contributed by atoms with Crippen LogP contribution in [0.5, 0.6) is 0 Å². The zero-order chi connectivity index (χ0) is 6.69. The van der Waals surface area contributed by atoms with E-state index in [1.165, 1.54) is 0 Å². The lowest BCUT2D eigenvalue weighted by molar-refractivity contribution is 0.369. The quantitative estimate of drug-likeness (QED) is 0.587. The topological polar surface area (TPSA) is 28.0 Å². The first-order chi connectivity index (χ1) is 4.34. The van der Waals surface area contributed by atoms with E-state index in [-0.39, 0.29) is 0 Å². The molecule has 52 valence electrons. The minimum Gasteiger partial charge on any atom is -0.267 e. The maximum atomic E-state index is 3.89. The molecule has 1 atom stereocenters. The first kappa shape index (κ1) is 6.86. The van der Waals surface area contributed by atoms with E-state index >= 15 is 0 Å². The van der Waals surface area contributed by atoms with E-state index in [1.807, 2.05) is 23.8 Å². The second-order valence-corrected chi connectivity index (χ2v) is 3.35. The third-order valence-corrected chi connectivity index (χ3v) is 2.39. The predicted molar refractivity (Wildman–Crippen MR) is 39.4 cm³/mol. The molecule has 0 spiro atoms. The van der Waals surface area contributed by atoms with Gasteiger partial charge in [0.25, 0.3) is 0 Å². The van der Waals surface area contributed by atoms with Crippen LogP contribution in [0.4, 0.5) is 0 Å². The van der Waals surface area contributed by atoms with Crippen molar-refractivity contribution >= 4 is 11.8 Å². The highest BCUT2D eigenvalue weighted by molar-refractivity contribution is 7.99. The highest BCUT2D eigenvalue weighted by Gasteiger charge is 2.16. The number of hydrogen-bond donors (Lipinski definition) is 0. The molecule has 0 aliphatic carbocycles. The van der Waals surface area contributed by atoms with Crippen LogP contribution in [0.3, 0.4) is 0 Å². The Morgan fingerprint density at radius 1 is 1.78 bits per heavy atom. The van der Waals surface area contributed by atoms with Crippen molar-refractivity contribution in [1.82, 2.24) is 5.01 Å². The van der Waals surface area contributed by atoms with Gasteiger partial charge in [-0.1, -0.05) is 12.1 Å². The Hall–Kier alpha value is -0.250. The van der Waals surface area contributed by atoms with Gasteiger partial charge in [-0.15, -0.1) is 11.8 Å². The normalized spacial score (nSPS) is 25.6. The molecule has 1 unspecified atom stereocenters. The molecule has 0 N–H and O–H groups in total. The summed E-state index contributed by atoms with van der Waals surface area (Å²) < 4.78 is 0. The molecule has 4 heteroatoms. The first-order valence-electron chi connectivity index (χ1n) is 3.06. The molecule has 0 aromatic rings. The molecule has 0 radical (unpaired) electrons. The molecule has 9 heavy (non-hydrogen) atoms. The summed E-state index contributed by atoms with van der Waals surface area (Å²) in [6, 6.07) is 0. The Kier molecular flexibility index (Phi) is 2.33. The number of thioether (sulfide) groups is 1. The molecule has 1 aliphatic rings. The van der Waals surface area contributed by atoms with Crippen LogP contribution in [0.25, 0.3) is 0 Å². The monoisotopic (exact) mass is 145 g/mol. The second-order valence-electron chi connectivity index (χ2n) is 1.90. The largest absolute Gasteiger partial charge is 0.267 e. The summed E-state index contributed by atoms with van der Waals surface area (Å²) in [5.41, 5.74) is 0. The summed E-state index contributed by atoms with van der Waals surface area (Å²) >= 11 is 1.89. The molecular formula is C5H11N3S. The number of nitrogens with zero attached hydrogens (tertiary/aromatic N) is 3. The molecule has 1 rings (SSSR count). The Morgan fingerprint density at radius 2 is 2.56 bits per heavy atom. The summed E-state index contributed by atoms with van der Waals surface area (Å²) in [6.07, 6.45) is 0. The maximum Gasteiger partial charge on any atom is 0.115 e. The predicted octanol–water partition coefficient (Wildman–Crippen LogP) is 1.38. The maximum absolute atomic E-state index is 3.89. The zero-order valence-corrected chi connectivity index (χ0v) is 6.56. The van der Waals surface area contributed by atoms with Gasteiger partial charge in [0.05, 0.1) is 6.54 Å². The fraction of sp³-hybridized carbons (Fsp3) is 1.00. The van der Waals surface area contributed by atoms with E-state index < -0.39 is 0 Å². The number of likely N-dealkylation sites (N-methyl/N-ethyl adjacent to an activating group) is 1. The Labute approximate surface area is 59.5 Å². The lowest BCUT2D eigenvalue weighted by Crippen LogP contribution is -2.21. The molecule has 0 bridgehead atoms. The van der Waals surface area contributed by atoms with Gasteiger partial charge in [0.15, 0.2) is 0 Å². The van der Waals surface area contributed by atoms with Crippen LogP contribution < -0.4 is 0 Å². The number of rotatable bonds is 2. The number of hydrogen-bond acceptors (Lipinski definition) is 4. The molecular weight excluding hydrogens is 134 g/mol. The van der Waals surface area contributed by atoms with Crippen molar-refractivity contribution in [2.75, 3.05) is 19.3 Å². The van der Waals surface area contributed by atoms with Crippen LogP contribution in [0.15, 0.2) is 10.3 Å². The third-order valence-electron chi connectivity index (χ3n) is 1.22. The highest BCUT2D eigenvalue weighted by atomic mass is 32.2. The van der Waals surface area contributed by atoms with Crippen molar-refractivity contribution < 1.29 is 0 Å². The standard InChI is InChI=1S/C5H11N3S/c1-3-9-5-4-6-7-8(5)2/h5H,3-4H2,1-2H3. The molecule has 0 aromatic heterocycles. The fourth-order valence-corrected chi connectivity index (χ4v) is 1.55. The van der Waals surface area contributed by atoms with Gasteiger partial charge >= 0.3 is 0 Å². The third kappa shape index (κ3) is 1.58. The molecule has 0 saturated heterocycles. The average molecular weight is 145 g/mol. The molecule has 0 fully saturated rings. The van der Waals surface area contributed by atoms with Gasteiger partial charge in [0, 0.05) is 7.05 Å². The van der Waals surface area contributed by atoms with Gasteiger partial charge in [-0.3, -0.25) is 5.01 Å². The summed E-state index contributed by atoms with van der Waals surface area (Å²) in [4.78, 5) is 0. The zero-order valence-electron chi connectivity index (χ0n) is 5.74. The second kappa shape index (κ2) is 3.06. The van der Waals surface area contributed by atoms with Crippen LogP contribution in [-0.4, -0.2) is 29.7 Å². The molecule has 0 saturated carbocycles. The van der Waals surface area contributed by atoms with E-state index in [0.717, 1.165) is 12.3 Å². The van der Waals surface area contributed by atoms with Gasteiger partial charge in [0.2, 0.25) is 0 Å². The van der Waals surface area contributed by atoms with Crippen molar-refractivity contribution in [2.24, 2.45) is 10.3 Å². The van der Waals surface area contributed by atoms with E-state index in [9.17, 15) is 0 Å². The minimum atomic E-state index is 0.495. The molecule has 0 aromatic carbocycles. The lowest BCUT2D eigenvalue weighted by Gasteiger charge is -2.14. The Morgan fingerprint density at radius 3 is 3.00 bits per heavy atom. The van der Waals surface area contributed by atoms with Crippen molar-refractivity contribution in [1.29, 1.82) is 0 Å². The lowest BCUT2D eigenvalue weighted by atomic mass is 10.6. The van der Waals surface area contributed by atoms with Crippen LogP contribution >= 0.6 is 11.8 Å². The summed E-state index contributed by atoms with van der Waals surface area (Å²) in [6.45, 7) is 3.01. The van der Waals surface area contributed by atoms with E-state index in [0.29, 0.717) is 5.37 Å². The van der Waals surface area contributed by atoms with Gasteiger partial charge in [-0.25, -0.2) is 0 Å². The highest BCUT2D eigenvalue weighted by Crippen LogP contribution is 2.18. The van der Waals surface area contributed by atoms with E-state index in [1.54, 1.807) is 0 Å². The van der Waals surface area contributed by atoms with Crippen LogP contribution in [0.2, 0.25) is 0 Å². The fourth-order valence-electron chi connectivity index (χ4n) is 0.735. The van der Waals surface area contributed by atoms with Gasteiger partial charge in [-0.05, 0) is 5.75 Å². The van der Waals surface area contributed by atoms with Crippen LogP contribution in [0.1, 0.15) is 6.92 Å². The molecule has 1 aliphatic heterocycles. The molecule has 3 nitrogen and oxygen atoms in total. The summed E-state index contributed by atoms with van der Waals surface area (Å²) in [5.74, 6) is 1.14. The van der Waals surface area contributed by atoms with Crippen molar-refractivity contribution in [3.8, 4) is 0 Å². The van der Waals surface area contributed by atoms with Crippen molar-refractivity contribution in [3.05, 3.63) is 0 Å². The van der Waals surface area contributed by atoms with E-state index in [2.05, 4.69) is 17.3 Å². The van der Waals surface area contributed by atoms with Crippen LogP contribution in [-0.2, 0) is 0 Å². The van der Waals surface area contributed by atoms with Gasteiger partial charge in [-0.2, -0.15) is 5.11 Å². The Balaban J connectivity index is 2.28. The molecule has 0 amide bonds. The first-order valence-corrected chi connectivity index (χ1v) is 4.11. The van der Waals surface area contributed by atoms with Gasteiger partial charge in [0.1, 0.15) is 5.37 Å². The van der Waals surface area contributed by atoms with Crippen molar-refractivity contribution in [2.45, 2.75) is 12.3 Å². The van der Waals surface area contributed by atoms with Gasteiger partial charge < -0.3 is 0 Å². The van der Waals surface area contributed by atoms with Crippen LogP contribution in [0, 0.1) is 0 Å². The minimum absolute atomic E-state index is 0.495. The summed E-state index contributed by atoms with van der Waals surface area (Å²) in [7, 11) is 1.96. The van der Waals surface area contributed by atoms with E-state index in [4.69, 9.17) is 0 Å². The smallest absolute Gasteiger partial charge is 0.115 e. The SMILES string of the molecule is CCSC1CN=NN1C.